The van der Waals surface area contributed by atoms with Gasteiger partial charge >= 0.3 is 0 Å². The van der Waals surface area contributed by atoms with Crippen molar-refractivity contribution in [2.45, 2.75) is 0 Å². The van der Waals surface area contributed by atoms with Crippen LogP contribution in [0.2, 0.25) is 0 Å². The van der Waals surface area contributed by atoms with Gasteiger partial charge < -0.3 is 4.74 Å². The molecule has 1 aromatic heterocycles. The van der Waals surface area contributed by atoms with Gasteiger partial charge in [0.25, 0.3) is 5.56 Å². The van der Waals surface area contributed by atoms with Crippen molar-refractivity contribution < 1.29 is 4.74 Å². The van der Waals surface area contributed by atoms with Crippen LogP contribution in [0.4, 0.5) is 0 Å². The molecule has 0 unspecified atom stereocenters. The number of methoxy groups -OCH3 is 1. The van der Waals surface area contributed by atoms with Crippen LogP contribution in [-0.2, 0) is 0 Å². The lowest BCUT2D eigenvalue weighted by Gasteiger charge is -2.11. The molecule has 4 rings (SSSR count). The largest absolute Gasteiger partial charge is 0.497 e. The van der Waals surface area contributed by atoms with Gasteiger partial charge in [-0.3, -0.25) is 14.6 Å². The van der Waals surface area contributed by atoms with Gasteiger partial charge in [-0.15, -0.1) is 0 Å². The van der Waals surface area contributed by atoms with Gasteiger partial charge in [0.05, 0.1) is 24.1 Å². The van der Waals surface area contributed by atoms with Crippen molar-refractivity contribution in [1.82, 2.24) is 9.78 Å². The summed E-state index contributed by atoms with van der Waals surface area (Å²) < 4.78 is 7.10. The van der Waals surface area contributed by atoms with Gasteiger partial charge in [-0.2, -0.15) is 0 Å². The molecule has 0 bridgehead atoms. The van der Waals surface area contributed by atoms with Crippen molar-refractivity contribution in [2.75, 3.05) is 7.11 Å². The first-order valence-corrected chi connectivity index (χ1v) is 8.38. The van der Waals surface area contributed by atoms with E-state index < -0.39 is 0 Å². The van der Waals surface area contributed by atoms with Gasteiger partial charge in [0.15, 0.2) is 0 Å². The number of ether oxygens (including phenoxy) is 1. The molecule has 3 aromatic carbocycles. The minimum absolute atomic E-state index is 0.120. The highest BCUT2D eigenvalue weighted by Crippen LogP contribution is 2.32. The van der Waals surface area contributed by atoms with Gasteiger partial charge in [0.2, 0.25) is 0 Å². The first-order valence-electron chi connectivity index (χ1n) is 8.38. The molecule has 0 aliphatic carbocycles. The van der Waals surface area contributed by atoms with Gasteiger partial charge in [-0.05, 0) is 42.0 Å². The van der Waals surface area contributed by atoms with Crippen molar-refractivity contribution >= 4 is 0 Å². The van der Waals surface area contributed by atoms with Crippen LogP contribution in [0.3, 0.4) is 0 Å². The van der Waals surface area contributed by atoms with E-state index in [9.17, 15) is 4.79 Å². The highest BCUT2D eigenvalue weighted by Gasteiger charge is 2.19. The molecular formula is C22H18N2O2. The molecule has 128 valence electrons. The smallest absolute Gasteiger partial charge is 0.272 e. The molecule has 0 radical (unpaired) electrons. The second-order valence-corrected chi connectivity index (χ2v) is 5.93. The third kappa shape index (κ3) is 2.82. The zero-order valence-electron chi connectivity index (χ0n) is 14.3. The minimum atomic E-state index is -0.120. The van der Waals surface area contributed by atoms with E-state index in [1.807, 2.05) is 89.6 Å². The van der Waals surface area contributed by atoms with Crippen LogP contribution in [0.25, 0.3) is 28.1 Å². The molecule has 0 atom stereocenters. The maximum atomic E-state index is 12.8. The van der Waals surface area contributed by atoms with Crippen molar-refractivity contribution in [2.24, 2.45) is 0 Å². The Balaban J connectivity index is 2.00. The number of hydrogen-bond donors (Lipinski definition) is 1. The molecule has 4 nitrogen and oxygen atoms in total. The van der Waals surface area contributed by atoms with Crippen LogP contribution < -0.4 is 10.3 Å². The van der Waals surface area contributed by atoms with Crippen LogP contribution >= 0.6 is 0 Å². The number of benzene rings is 3. The maximum absolute atomic E-state index is 12.8. The summed E-state index contributed by atoms with van der Waals surface area (Å²) >= 11 is 0. The fourth-order valence-electron chi connectivity index (χ4n) is 3.10. The number of nitrogens with zero attached hydrogens (tertiary/aromatic N) is 1. The zero-order valence-corrected chi connectivity index (χ0v) is 14.3. The monoisotopic (exact) mass is 342 g/mol. The van der Waals surface area contributed by atoms with E-state index in [4.69, 9.17) is 4.74 Å². The molecule has 4 aromatic rings. The third-order valence-electron chi connectivity index (χ3n) is 4.34. The van der Waals surface area contributed by atoms with E-state index in [0.29, 0.717) is 5.56 Å². The molecule has 0 saturated heterocycles. The predicted molar refractivity (Wildman–Crippen MR) is 104 cm³/mol. The Morgan fingerprint density at radius 3 is 2.00 bits per heavy atom. The zero-order chi connectivity index (χ0) is 17.9. The standard InChI is InChI=1S/C22H18N2O2/c1-26-19-14-12-17(13-15-19)21-20(16-8-4-2-5-9-16)22(25)23-24(21)18-10-6-3-7-11-18/h2-15H,1H3,(H,23,25). The maximum Gasteiger partial charge on any atom is 0.272 e. The molecule has 0 saturated carbocycles. The van der Waals surface area contributed by atoms with Gasteiger partial charge in [-0.25, -0.2) is 0 Å². The Bertz CT molecular complexity index is 1060. The average Bonchev–Trinajstić information content (AvgIpc) is 3.06. The first-order chi connectivity index (χ1) is 12.8. The Kier molecular flexibility index (Phi) is 4.15. The van der Waals surface area contributed by atoms with Gasteiger partial charge in [0, 0.05) is 5.56 Å². The Morgan fingerprint density at radius 1 is 0.769 bits per heavy atom. The first kappa shape index (κ1) is 16.0. The number of nitrogens with one attached hydrogen (secondary N) is 1. The fourth-order valence-corrected chi connectivity index (χ4v) is 3.10. The highest BCUT2D eigenvalue weighted by atomic mass is 16.5. The van der Waals surface area contributed by atoms with E-state index >= 15 is 0 Å². The summed E-state index contributed by atoms with van der Waals surface area (Å²) in [7, 11) is 1.64. The molecule has 0 amide bonds. The molecule has 0 fully saturated rings. The lowest BCUT2D eigenvalue weighted by molar-refractivity contribution is 0.415. The summed E-state index contributed by atoms with van der Waals surface area (Å²) in [4.78, 5) is 12.8. The van der Waals surface area contributed by atoms with Crippen LogP contribution in [0, 0.1) is 0 Å². The number of aromatic amines is 1. The second kappa shape index (κ2) is 6.76. The summed E-state index contributed by atoms with van der Waals surface area (Å²) in [6, 6.07) is 27.2. The van der Waals surface area contributed by atoms with Crippen LogP contribution in [0.5, 0.6) is 5.75 Å². The SMILES string of the molecule is COc1ccc(-c2c(-c3ccccc3)c(=O)[nH]n2-c2ccccc2)cc1. The van der Waals surface area contributed by atoms with Crippen molar-refractivity contribution in [3.8, 4) is 33.8 Å². The van der Waals surface area contributed by atoms with E-state index in [-0.39, 0.29) is 5.56 Å². The Hall–Kier alpha value is -3.53. The van der Waals surface area contributed by atoms with E-state index in [1.54, 1.807) is 7.11 Å². The average molecular weight is 342 g/mol. The van der Waals surface area contributed by atoms with Crippen LogP contribution in [0.15, 0.2) is 89.7 Å². The molecule has 0 aliphatic rings. The molecule has 1 N–H and O–H groups in total. The van der Waals surface area contributed by atoms with Crippen LogP contribution in [0.1, 0.15) is 0 Å². The summed E-state index contributed by atoms with van der Waals surface area (Å²) in [5.74, 6) is 0.777. The number of para-hydroxylation sites is 1. The summed E-state index contributed by atoms with van der Waals surface area (Å²) in [5.41, 5.74) is 4.08. The van der Waals surface area contributed by atoms with E-state index in [2.05, 4.69) is 5.10 Å². The molecule has 0 spiro atoms. The third-order valence-corrected chi connectivity index (χ3v) is 4.34. The topological polar surface area (TPSA) is 47.0 Å². The lowest BCUT2D eigenvalue weighted by atomic mass is 10.0. The molecule has 0 aliphatic heterocycles. The summed E-state index contributed by atoms with van der Waals surface area (Å²) in [6.45, 7) is 0. The van der Waals surface area contributed by atoms with E-state index in [0.717, 1.165) is 28.3 Å². The minimum Gasteiger partial charge on any atom is -0.497 e. The number of H-pyrrole nitrogens is 1. The number of rotatable bonds is 4. The molecule has 1 heterocycles. The van der Waals surface area contributed by atoms with Crippen molar-refractivity contribution in [3.63, 3.8) is 0 Å². The van der Waals surface area contributed by atoms with Crippen molar-refractivity contribution in [3.05, 3.63) is 95.3 Å². The molecule has 4 heteroatoms. The highest BCUT2D eigenvalue weighted by molar-refractivity contribution is 5.82. The lowest BCUT2D eigenvalue weighted by Crippen LogP contribution is -2.05. The van der Waals surface area contributed by atoms with Crippen molar-refractivity contribution in [1.29, 1.82) is 0 Å². The Labute approximate surface area is 151 Å². The number of aromatic nitrogens is 2. The molecular weight excluding hydrogens is 324 g/mol. The normalized spacial score (nSPS) is 10.7. The van der Waals surface area contributed by atoms with Gasteiger partial charge in [0.1, 0.15) is 5.75 Å². The summed E-state index contributed by atoms with van der Waals surface area (Å²) in [5, 5.41) is 2.98. The summed E-state index contributed by atoms with van der Waals surface area (Å²) in [6.07, 6.45) is 0. The second-order valence-electron chi connectivity index (χ2n) is 5.93. The quantitative estimate of drug-likeness (QED) is 0.593. The van der Waals surface area contributed by atoms with Crippen LogP contribution in [-0.4, -0.2) is 16.9 Å². The van der Waals surface area contributed by atoms with E-state index in [1.165, 1.54) is 0 Å². The predicted octanol–water partition coefficient (Wildman–Crippen LogP) is 4.51. The fraction of sp³-hybridized carbons (Fsp3) is 0.0455. The Morgan fingerprint density at radius 2 is 1.38 bits per heavy atom. The van der Waals surface area contributed by atoms with Gasteiger partial charge in [-0.1, -0.05) is 48.5 Å². The number of hydrogen-bond acceptors (Lipinski definition) is 2. The molecule has 26 heavy (non-hydrogen) atoms.